The zero-order chi connectivity index (χ0) is 23.3. The van der Waals surface area contributed by atoms with Crippen molar-refractivity contribution in [1.82, 2.24) is 20.3 Å². The van der Waals surface area contributed by atoms with Gasteiger partial charge in [0.1, 0.15) is 5.69 Å². The Balaban J connectivity index is 1.60. The van der Waals surface area contributed by atoms with Gasteiger partial charge in [-0.05, 0) is 35.4 Å². The summed E-state index contributed by atoms with van der Waals surface area (Å²) in [5.41, 5.74) is 12.4. The van der Waals surface area contributed by atoms with Crippen molar-refractivity contribution in [1.29, 1.82) is 0 Å². The van der Waals surface area contributed by atoms with Gasteiger partial charge in [-0.1, -0.05) is 60.7 Å². The van der Waals surface area contributed by atoms with Crippen LogP contribution in [0.3, 0.4) is 0 Å². The van der Waals surface area contributed by atoms with Crippen LogP contribution in [0.5, 0.6) is 0 Å². The van der Waals surface area contributed by atoms with Gasteiger partial charge < -0.3 is 11.1 Å². The Morgan fingerprint density at radius 1 is 0.824 bits per heavy atom. The monoisotopic (exact) mass is 445 g/mol. The van der Waals surface area contributed by atoms with Gasteiger partial charge in [0.05, 0.1) is 23.4 Å². The van der Waals surface area contributed by atoms with E-state index in [2.05, 4.69) is 15.3 Å². The molecule has 3 N–H and O–H groups in total. The third-order valence-electron chi connectivity index (χ3n) is 5.66. The summed E-state index contributed by atoms with van der Waals surface area (Å²) in [6, 6.07) is 27.6. The molecule has 0 radical (unpaired) electrons. The standard InChI is InChI=1S/C28H23N5O/c29-17-19-9-11-21(12-10-19)26-23(20-6-2-1-3-7-20)16-24-25(33-26)13-15-31-27(24)28(34)32-18-22-8-4-5-14-30-22/h1-16H,17-18,29H2,(H,32,34). The Labute approximate surface area is 197 Å². The largest absolute Gasteiger partial charge is 0.345 e. The van der Waals surface area contributed by atoms with E-state index < -0.39 is 0 Å². The smallest absolute Gasteiger partial charge is 0.270 e. The summed E-state index contributed by atoms with van der Waals surface area (Å²) in [6.45, 7) is 0.807. The topological polar surface area (TPSA) is 93.8 Å². The van der Waals surface area contributed by atoms with Gasteiger partial charge in [-0.2, -0.15) is 0 Å². The Morgan fingerprint density at radius 2 is 1.62 bits per heavy atom. The van der Waals surface area contributed by atoms with Gasteiger partial charge >= 0.3 is 0 Å². The van der Waals surface area contributed by atoms with E-state index >= 15 is 0 Å². The molecule has 0 fully saturated rings. The summed E-state index contributed by atoms with van der Waals surface area (Å²) in [6.07, 6.45) is 3.32. The molecule has 0 bridgehead atoms. The predicted octanol–water partition coefficient (Wildman–Crippen LogP) is 4.75. The lowest BCUT2D eigenvalue weighted by molar-refractivity contribution is 0.0947. The molecule has 0 saturated heterocycles. The Bertz CT molecular complexity index is 1440. The zero-order valence-electron chi connectivity index (χ0n) is 18.5. The van der Waals surface area contributed by atoms with Crippen LogP contribution in [0.4, 0.5) is 0 Å². The van der Waals surface area contributed by atoms with Crippen LogP contribution in [-0.2, 0) is 13.1 Å². The molecule has 3 aromatic heterocycles. The first-order valence-corrected chi connectivity index (χ1v) is 11.1. The molecule has 1 amide bonds. The molecule has 3 heterocycles. The second-order valence-corrected chi connectivity index (χ2v) is 7.88. The van der Waals surface area contributed by atoms with Crippen LogP contribution in [0.2, 0.25) is 0 Å². The van der Waals surface area contributed by atoms with E-state index in [1.165, 1.54) is 0 Å². The van der Waals surface area contributed by atoms with Gasteiger partial charge in [-0.15, -0.1) is 0 Å². The fourth-order valence-electron chi connectivity index (χ4n) is 3.89. The fourth-order valence-corrected chi connectivity index (χ4v) is 3.89. The summed E-state index contributed by atoms with van der Waals surface area (Å²) in [5, 5.41) is 3.62. The second-order valence-electron chi connectivity index (χ2n) is 7.88. The lowest BCUT2D eigenvalue weighted by Crippen LogP contribution is -2.24. The number of pyridine rings is 3. The van der Waals surface area contributed by atoms with Crippen molar-refractivity contribution >= 4 is 16.8 Å². The average Bonchev–Trinajstić information content (AvgIpc) is 2.91. The van der Waals surface area contributed by atoms with Crippen molar-refractivity contribution in [3.63, 3.8) is 0 Å². The molecule has 6 heteroatoms. The van der Waals surface area contributed by atoms with E-state index in [1.54, 1.807) is 12.4 Å². The number of carbonyl (C=O) groups excluding carboxylic acids is 1. The molecular formula is C28H23N5O. The maximum Gasteiger partial charge on any atom is 0.270 e. The number of rotatable bonds is 6. The molecule has 34 heavy (non-hydrogen) atoms. The maximum atomic E-state index is 13.1. The minimum atomic E-state index is -0.267. The summed E-state index contributed by atoms with van der Waals surface area (Å²) in [7, 11) is 0. The summed E-state index contributed by atoms with van der Waals surface area (Å²) in [5.74, 6) is -0.267. The van der Waals surface area contributed by atoms with Crippen LogP contribution in [0.1, 0.15) is 21.7 Å². The first kappa shape index (κ1) is 21.4. The van der Waals surface area contributed by atoms with E-state index in [-0.39, 0.29) is 5.91 Å². The number of benzene rings is 2. The van der Waals surface area contributed by atoms with Gasteiger partial charge in [0.15, 0.2) is 0 Å². The van der Waals surface area contributed by atoms with Crippen LogP contribution in [0, 0.1) is 0 Å². The minimum Gasteiger partial charge on any atom is -0.345 e. The number of amides is 1. The highest BCUT2D eigenvalue weighted by molar-refractivity contribution is 6.06. The number of nitrogens with zero attached hydrogens (tertiary/aromatic N) is 3. The van der Waals surface area contributed by atoms with E-state index in [0.29, 0.717) is 29.7 Å². The highest BCUT2D eigenvalue weighted by Crippen LogP contribution is 2.34. The molecule has 0 aliphatic rings. The lowest BCUT2D eigenvalue weighted by Gasteiger charge is -2.14. The van der Waals surface area contributed by atoms with Crippen molar-refractivity contribution in [2.24, 2.45) is 5.73 Å². The molecule has 5 aromatic rings. The number of hydrogen-bond donors (Lipinski definition) is 2. The lowest BCUT2D eigenvalue weighted by atomic mass is 9.96. The third kappa shape index (κ3) is 4.40. The molecule has 166 valence electrons. The molecular weight excluding hydrogens is 422 g/mol. The highest BCUT2D eigenvalue weighted by Gasteiger charge is 2.17. The SMILES string of the molecule is NCc1ccc(-c2nc3ccnc(C(=O)NCc4ccccn4)c3cc2-c2ccccc2)cc1. The van der Waals surface area contributed by atoms with Crippen molar-refractivity contribution in [2.45, 2.75) is 13.1 Å². The van der Waals surface area contributed by atoms with E-state index in [9.17, 15) is 4.79 Å². The Kier molecular flexibility index (Phi) is 6.05. The van der Waals surface area contributed by atoms with Gasteiger partial charge in [0.2, 0.25) is 0 Å². The molecule has 6 nitrogen and oxygen atoms in total. The van der Waals surface area contributed by atoms with Crippen molar-refractivity contribution in [3.8, 4) is 22.4 Å². The average molecular weight is 446 g/mol. The molecule has 0 unspecified atom stereocenters. The predicted molar refractivity (Wildman–Crippen MR) is 134 cm³/mol. The van der Waals surface area contributed by atoms with Crippen molar-refractivity contribution < 1.29 is 4.79 Å². The van der Waals surface area contributed by atoms with E-state index in [1.807, 2.05) is 84.9 Å². The highest BCUT2D eigenvalue weighted by atomic mass is 16.1. The Hall–Kier alpha value is -4.42. The number of aromatic nitrogens is 3. The van der Waals surface area contributed by atoms with Crippen LogP contribution in [0.25, 0.3) is 33.3 Å². The minimum absolute atomic E-state index is 0.267. The number of carbonyl (C=O) groups is 1. The molecule has 5 rings (SSSR count). The van der Waals surface area contributed by atoms with Gasteiger partial charge in [0.25, 0.3) is 5.91 Å². The number of fused-ring (bicyclic) bond motifs is 1. The van der Waals surface area contributed by atoms with Crippen LogP contribution in [-0.4, -0.2) is 20.9 Å². The number of hydrogen-bond acceptors (Lipinski definition) is 5. The Morgan fingerprint density at radius 3 is 2.35 bits per heavy atom. The van der Waals surface area contributed by atoms with Crippen LogP contribution in [0.15, 0.2) is 97.3 Å². The quantitative estimate of drug-likeness (QED) is 0.393. The van der Waals surface area contributed by atoms with Gasteiger partial charge in [-0.25, -0.2) is 4.98 Å². The van der Waals surface area contributed by atoms with Crippen LogP contribution >= 0.6 is 0 Å². The molecule has 0 saturated carbocycles. The summed E-state index contributed by atoms with van der Waals surface area (Å²) < 4.78 is 0. The summed E-state index contributed by atoms with van der Waals surface area (Å²) >= 11 is 0. The van der Waals surface area contributed by atoms with E-state index in [4.69, 9.17) is 10.7 Å². The molecule has 0 spiro atoms. The number of nitrogens with one attached hydrogen (secondary N) is 1. The first-order valence-electron chi connectivity index (χ1n) is 11.1. The second kappa shape index (κ2) is 9.60. The first-order chi connectivity index (χ1) is 16.7. The molecule has 0 atom stereocenters. The molecule has 0 aliphatic heterocycles. The molecule has 2 aromatic carbocycles. The fraction of sp³-hybridized carbons (Fsp3) is 0.0714. The van der Waals surface area contributed by atoms with Crippen molar-refractivity contribution in [3.05, 3.63) is 114 Å². The summed E-state index contributed by atoms with van der Waals surface area (Å²) in [4.78, 5) is 26.7. The van der Waals surface area contributed by atoms with Crippen molar-refractivity contribution in [2.75, 3.05) is 0 Å². The molecule has 0 aliphatic carbocycles. The zero-order valence-corrected chi connectivity index (χ0v) is 18.5. The maximum absolute atomic E-state index is 13.1. The third-order valence-corrected chi connectivity index (χ3v) is 5.66. The number of nitrogens with two attached hydrogens (primary N) is 1. The van der Waals surface area contributed by atoms with Gasteiger partial charge in [0, 0.05) is 35.5 Å². The normalized spacial score (nSPS) is 10.9. The van der Waals surface area contributed by atoms with E-state index in [0.717, 1.165) is 33.6 Å². The van der Waals surface area contributed by atoms with Gasteiger partial charge in [-0.3, -0.25) is 14.8 Å². The van der Waals surface area contributed by atoms with Crippen LogP contribution < -0.4 is 11.1 Å².